The van der Waals surface area contributed by atoms with E-state index in [2.05, 4.69) is 16.3 Å². The van der Waals surface area contributed by atoms with Crippen LogP contribution in [-0.4, -0.2) is 43.3 Å². The maximum atomic E-state index is 12.3. The Labute approximate surface area is 164 Å². The van der Waals surface area contributed by atoms with Gasteiger partial charge in [0.25, 0.3) is 0 Å². The Hall–Kier alpha value is -2.18. The number of hydrogen-bond acceptors (Lipinski definition) is 5. The highest BCUT2D eigenvalue weighted by Crippen LogP contribution is 2.31. The molecule has 1 saturated heterocycles. The van der Waals surface area contributed by atoms with Crippen molar-refractivity contribution in [2.45, 2.75) is 31.7 Å². The summed E-state index contributed by atoms with van der Waals surface area (Å²) in [6.45, 7) is 2.57. The minimum Gasteiger partial charge on any atom is -0.496 e. The molecule has 1 amide bonds. The highest BCUT2D eigenvalue weighted by atomic mass is 32.1. The third-order valence-corrected chi connectivity index (χ3v) is 5.86. The van der Waals surface area contributed by atoms with Crippen molar-refractivity contribution in [3.8, 4) is 5.75 Å². The summed E-state index contributed by atoms with van der Waals surface area (Å²) in [4.78, 5) is 27.5. The number of para-hydroxylation sites is 1. The lowest BCUT2D eigenvalue weighted by Crippen LogP contribution is -2.37. The van der Waals surface area contributed by atoms with Gasteiger partial charge in [0.05, 0.1) is 18.0 Å². The summed E-state index contributed by atoms with van der Waals surface area (Å²) in [6.07, 6.45) is 2.81. The summed E-state index contributed by atoms with van der Waals surface area (Å²) in [5, 5.41) is 4.90. The first-order valence-corrected chi connectivity index (χ1v) is 10.3. The highest BCUT2D eigenvalue weighted by molar-refractivity contribution is 7.12. The molecule has 0 spiro atoms. The van der Waals surface area contributed by atoms with E-state index in [-0.39, 0.29) is 30.6 Å². The molecule has 2 aromatic rings. The zero-order valence-electron chi connectivity index (χ0n) is 15.6. The Morgan fingerprint density at radius 3 is 2.63 bits per heavy atom. The minimum absolute atomic E-state index is 0.0287. The van der Waals surface area contributed by atoms with E-state index in [1.807, 2.05) is 29.6 Å². The predicted molar refractivity (Wildman–Crippen MR) is 107 cm³/mol. The number of carbonyl (C=O) groups excluding carboxylic acids is 2. The van der Waals surface area contributed by atoms with Gasteiger partial charge in [-0.2, -0.15) is 0 Å². The van der Waals surface area contributed by atoms with Crippen LogP contribution in [0.1, 0.15) is 47.0 Å². The lowest BCUT2D eigenvalue weighted by atomic mass is 10.0. The standard InChI is InChI=1S/C21H26N2O3S/c1-26-19-8-3-2-7-16(19)17(23-12-4-5-13-23)15-22-21(25)11-10-18(24)20-9-6-14-27-20/h2-3,6-9,14,17H,4-5,10-13,15H2,1H3,(H,22,25). The molecule has 144 valence electrons. The first kappa shape index (κ1) is 19.6. The van der Waals surface area contributed by atoms with Crippen LogP contribution in [0, 0.1) is 0 Å². The Balaban J connectivity index is 1.59. The topological polar surface area (TPSA) is 58.6 Å². The number of amides is 1. The monoisotopic (exact) mass is 386 g/mol. The molecule has 0 aliphatic carbocycles. The van der Waals surface area contributed by atoms with Crippen molar-refractivity contribution in [2.75, 3.05) is 26.7 Å². The van der Waals surface area contributed by atoms with Gasteiger partial charge in [-0.1, -0.05) is 24.3 Å². The van der Waals surface area contributed by atoms with Crippen LogP contribution in [0.4, 0.5) is 0 Å². The number of rotatable bonds is 9. The summed E-state index contributed by atoms with van der Waals surface area (Å²) in [7, 11) is 1.68. The average Bonchev–Trinajstić information content (AvgIpc) is 3.41. The molecule has 1 aromatic heterocycles. The van der Waals surface area contributed by atoms with Gasteiger partial charge in [0.15, 0.2) is 5.78 Å². The number of thiophene rings is 1. The van der Waals surface area contributed by atoms with Gasteiger partial charge in [0.2, 0.25) is 5.91 Å². The third-order valence-electron chi connectivity index (χ3n) is 4.95. The molecule has 1 aliphatic heterocycles. The van der Waals surface area contributed by atoms with Crippen molar-refractivity contribution in [1.29, 1.82) is 0 Å². The molecule has 0 radical (unpaired) electrons. The molecule has 0 saturated carbocycles. The van der Waals surface area contributed by atoms with Crippen LogP contribution in [0.25, 0.3) is 0 Å². The molecule has 1 N–H and O–H groups in total. The number of ketones is 1. The number of ether oxygens (including phenoxy) is 1. The number of hydrogen-bond donors (Lipinski definition) is 1. The van der Waals surface area contributed by atoms with Crippen molar-refractivity contribution >= 4 is 23.0 Å². The van der Waals surface area contributed by atoms with E-state index in [1.165, 1.54) is 24.2 Å². The largest absolute Gasteiger partial charge is 0.496 e. The quantitative estimate of drug-likeness (QED) is 0.668. The van der Waals surface area contributed by atoms with Gasteiger partial charge in [-0.05, 0) is 43.4 Å². The number of likely N-dealkylation sites (tertiary alicyclic amines) is 1. The Morgan fingerprint density at radius 1 is 1.15 bits per heavy atom. The number of nitrogens with zero attached hydrogens (tertiary/aromatic N) is 1. The fraction of sp³-hybridized carbons (Fsp3) is 0.429. The van der Waals surface area contributed by atoms with E-state index >= 15 is 0 Å². The number of Topliss-reactive ketones (excluding diaryl/α,β-unsaturated/α-hetero) is 1. The SMILES string of the molecule is COc1ccccc1C(CNC(=O)CCC(=O)c1cccs1)N1CCCC1. The Bertz CT molecular complexity index is 755. The second-order valence-corrected chi connectivity index (χ2v) is 7.65. The zero-order valence-corrected chi connectivity index (χ0v) is 16.5. The number of carbonyl (C=O) groups is 2. The van der Waals surface area contributed by atoms with Crippen LogP contribution in [0.3, 0.4) is 0 Å². The molecule has 1 atom stereocenters. The molecule has 1 fully saturated rings. The Morgan fingerprint density at radius 2 is 1.93 bits per heavy atom. The molecule has 1 aliphatic rings. The maximum absolute atomic E-state index is 12.3. The summed E-state index contributed by atoms with van der Waals surface area (Å²) >= 11 is 1.42. The van der Waals surface area contributed by atoms with Crippen molar-refractivity contribution in [1.82, 2.24) is 10.2 Å². The molecule has 27 heavy (non-hydrogen) atoms. The van der Waals surface area contributed by atoms with Gasteiger partial charge in [0, 0.05) is 24.9 Å². The molecular formula is C21H26N2O3S. The number of nitrogens with one attached hydrogen (secondary N) is 1. The van der Waals surface area contributed by atoms with E-state index in [0.717, 1.165) is 24.4 Å². The molecular weight excluding hydrogens is 360 g/mol. The highest BCUT2D eigenvalue weighted by Gasteiger charge is 2.26. The van der Waals surface area contributed by atoms with Gasteiger partial charge in [-0.3, -0.25) is 14.5 Å². The molecule has 3 rings (SSSR count). The van der Waals surface area contributed by atoms with E-state index < -0.39 is 0 Å². The maximum Gasteiger partial charge on any atom is 0.220 e. The van der Waals surface area contributed by atoms with Crippen LogP contribution in [0.2, 0.25) is 0 Å². The lowest BCUT2D eigenvalue weighted by molar-refractivity contribution is -0.121. The Kier molecular flexibility index (Phi) is 7.01. The van der Waals surface area contributed by atoms with Gasteiger partial charge >= 0.3 is 0 Å². The van der Waals surface area contributed by atoms with Crippen molar-refractivity contribution in [2.24, 2.45) is 0 Å². The van der Waals surface area contributed by atoms with Crippen molar-refractivity contribution < 1.29 is 14.3 Å². The third kappa shape index (κ3) is 5.17. The van der Waals surface area contributed by atoms with Crippen LogP contribution in [-0.2, 0) is 4.79 Å². The second-order valence-electron chi connectivity index (χ2n) is 6.71. The number of benzene rings is 1. The van der Waals surface area contributed by atoms with E-state index in [9.17, 15) is 9.59 Å². The van der Waals surface area contributed by atoms with Gasteiger partial charge in [-0.15, -0.1) is 11.3 Å². The van der Waals surface area contributed by atoms with Crippen LogP contribution >= 0.6 is 11.3 Å². The molecule has 5 nitrogen and oxygen atoms in total. The van der Waals surface area contributed by atoms with Crippen molar-refractivity contribution in [3.05, 3.63) is 52.2 Å². The predicted octanol–water partition coefficient (Wildman–Crippen LogP) is 3.67. The van der Waals surface area contributed by atoms with Gasteiger partial charge in [0.1, 0.15) is 5.75 Å². The summed E-state index contributed by atoms with van der Waals surface area (Å²) in [5.41, 5.74) is 1.09. The van der Waals surface area contributed by atoms with Crippen LogP contribution in [0.15, 0.2) is 41.8 Å². The normalized spacial score (nSPS) is 15.4. The van der Waals surface area contributed by atoms with Crippen molar-refractivity contribution in [3.63, 3.8) is 0 Å². The van der Waals surface area contributed by atoms with Crippen LogP contribution < -0.4 is 10.1 Å². The summed E-state index contributed by atoms with van der Waals surface area (Å²) in [6, 6.07) is 11.7. The van der Waals surface area contributed by atoms with E-state index in [4.69, 9.17) is 4.74 Å². The fourth-order valence-electron chi connectivity index (χ4n) is 3.52. The molecule has 0 bridgehead atoms. The molecule has 6 heteroatoms. The molecule has 1 unspecified atom stereocenters. The first-order chi connectivity index (χ1) is 13.2. The second kappa shape index (κ2) is 9.67. The molecule has 2 heterocycles. The van der Waals surface area contributed by atoms with Gasteiger partial charge < -0.3 is 10.1 Å². The van der Waals surface area contributed by atoms with Crippen LogP contribution in [0.5, 0.6) is 5.75 Å². The summed E-state index contributed by atoms with van der Waals surface area (Å²) in [5.74, 6) is 0.788. The smallest absolute Gasteiger partial charge is 0.220 e. The fourth-order valence-corrected chi connectivity index (χ4v) is 4.21. The first-order valence-electron chi connectivity index (χ1n) is 9.39. The van der Waals surface area contributed by atoms with E-state index in [0.29, 0.717) is 11.4 Å². The van der Waals surface area contributed by atoms with Gasteiger partial charge in [-0.25, -0.2) is 0 Å². The van der Waals surface area contributed by atoms with E-state index in [1.54, 1.807) is 13.2 Å². The average molecular weight is 387 g/mol. The summed E-state index contributed by atoms with van der Waals surface area (Å²) < 4.78 is 5.53. The zero-order chi connectivity index (χ0) is 19.1. The lowest BCUT2D eigenvalue weighted by Gasteiger charge is -2.29. The minimum atomic E-state index is -0.0843. The molecule has 1 aromatic carbocycles. The number of methoxy groups -OCH3 is 1.